The Kier molecular flexibility index (Phi) is 4.15. The van der Waals surface area contributed by atoms with Crippen LogP contribution >= 0.6 is 0 Å². The lowest BCUT2D eigenvalue weighted by Gasteiger charge is -2.23. The van der Waals surface area contributed by atoms with Gasteiger partial charge in [-0.2, -0.15) is 5.10 Å². The molecule has 0 bridgehead atoms. The van der Waals surface area contributed by atoms with E-state index in [4.69, 9.17) is 9.15 Å². The molecule has 120 valence electrons. The van der Waals surface area contributed by atoms with Gasteiger partial charge in [-0.3, -0.25) is 4.90 Å². The average Bonchev–Trinajstić information content (AvgIpc) is 3.19. The first-order valence-electron chi connectivity index (χ1n) is 7.76. The van der Waals surface area contributed by atoms with Crippen molar-refractivity contribution in [2.24, 2.45) is 7.05 Å². The minimum absolute atomic E-state index is 0.292. The zero-order valence-corrected chi connectivity index (χ0v) is 13.7. The van der Waals surface area contributed by atoms with Gasteiger partial charge in [0.05, 0.1) is 24.9 Å². The minimum atomic E-state index is 0.292. The van der Waals surface area contributed by atoms with Crippen molar-refractivity contribution in [2.45, 2.75) is 45.7 Å². The second kappa shape index (κ2) is 6.08. The Morgan fingerprint density at radius 3 is 2.77 bits per heavy atom. The predicted octanol–water partition coefficient (Wildman–Crippen LogP) is 2.02. The van der Waals surface area contributed by atoms with Gasteiger partial charge >= 0.3 is 0 Å². The van der Waals surface area contributed by atoms with E-state index < -0.39 is 0 Å². The van der Waals surface area contributed by atoms with E-state index in [1.54, 1.807) is 7.11 Å². The molecule has 22 heavy (non-hydrogen) atoms. The van der Waals surface area contributed by atoms with E-state index in [0.29, 0.717) is 24.4 Å². The molecule has 7 nitrogen and oxygen atoms in total. The van der Waals surface area contributed by atoms with Gasteiger partial charge in [0.25, 0.3) is 0 Å². The maximum atomic E-state index is 5.65. The Balaban J connectivity index is 1.84. The lowest BCUT2D eigenvalue weighted by Crippen LogP contribution is -2.23. The smallest absolute Gasteiger partial charge is 0.230 e. The molecule has 0 saturated carbocycles. The van der Waals surface area contributed by atoms with Crippen molar-refractivity contribution >= 4 is 0 Å². The normalized spacial score (nSPS) is 19.0. The zero-order chi connectivity index (χ0) is 15.7. The van der Waals surface area contributed by atoms with Crippen molar-refractivity contribution in [2.75, 3.05) is 13.7 Å². The van der Waals surface area contributed by atoms with E-state index >= 15 is 0 Å². The largest absolute Gasteiger partial charge is 0.481 e. The van der Waals surface area contributed by atoms with E-state index in [1.165, 1.54) is 5.56 Å². The molecule has 0 N–H and O–H groups in total. The first kappa shape index (κ1) is 15.0. The summed E-state index contributed by atoms with van der Waals surface area (Å²) in [6, 6.07) is 0.292. The lowest BCUT2D eigenvalue weighted by atomic mass is 10.1. The van der Waals surface area contributed by atoms with E-state index in [-0.39, 0.29) is 0 Å². The second-order valence-electron chi connectivity index (χ2n) is 5.70. The van der Waals surface area contributed by atoms with Crippen molar-refractivity contribution in [1.82, 2.24) is 24.9 Å². The standard InChI is InChI=1S/C15H23N5O2/c1-5-12-16-17-13(22-12)9-20-8-6-7-11(20)14-10(2)18-19(3)15(14)21-4/h11H,5-9H2,1-4H3. The summed E-state index contributed by atoms with van der Waals surface area (Å²) in [5, 5.41) is 12.7. The van der Waals surface area contributed by atoms with Gasteiger partial charge in [0, 0.05) is 19.5 Å². The number of aromatic nitrogens is 4. The summed E-state index contributed by atoms with van der Waals surface area (Å²) < 4.78 is 13.0. The van der Waals surface area contributed by atoms with Crippen LogP contribution in [-0.2, 0) is 20.0 Å². The molecule has 0 amide bonds. The van der Waals surface area contributed by atoms with Crippen molar-refractivity contribution in [3.8, 4) is 5.88 Å². The SMILES string of the molecule is CCc1nnc(CN2CCCC2c2c(C)nn(C)c2OC)o1. The lowest BCUT2D eigenvalue weighted by molar-refractivity contribution is 0.216. The first-order valence-corrected chi connectivity index (χ1v) is 7.76. The molecule has 0 spiro atoms. The Morgan fingerprint density at radius 1 is 1.32 bits per heavy atom. The fraction of sp³-hybridized carbons (Fsp3) is 0.667. The van der Waals surface area contributed by atoms with Gasteiger partial charge in [-0.15, -0.1) is 10.2 Å². The number of hydrogen-bond acceptors (Lipinski definition) is 6. The molecule has 3 heterocycles. The topological polar surface area (TPSA) is 69.2 Å². The summed E-state index contributed by atoms with van der Waals surface area (Å²) in [4.78, 5) is 2.37. The van der Waals surface area contributed by atoms with Gasteiger partial charge in [0.1, 0.15) is 0 Å². The van der Waals surface area contributed by atoms with E-state index in [0.717, 1.165) is 37.4 Å². The van der Waals surface area contributed by atoms with Gasteiger partial charge in [0.2, 0.25) is 17.7 Å². The molecule has 1 unspecified atom stereocenters. The number of ether oxygens (including phenoxy) is 1. The van der Waals surface area contributed by atoms with Crippen molar-refractivity contribution in [3.05, 3.63) is 23.0 Å². The molecule has 1 saturated heterocycles. The van der Waals surface area contributed by atoms with Crippen LogP contribution in [0.15, 0.2) is 4.42 Å². The van der Waals surface area contributed by atoms with Gasteiger partial charge in [0.15, 0.2) is 0 Å². The summed E-state index contributed by atoms with van der Waals surface area (Å²) in [5.74, 6) is 2.22. The maximum absolute atomic E-state index is 5.65. The summed E-state index contributed by atoms with van der Waals surface area (Å²) in [5.41, 5.74) is 2.20. The molecule has 0 radical (unpaired) electrons. The number of aryl methyl sites for hydroxylation is 3. The molecular weight excluding hydrogens is 282 g/mol. The highest BCUT2D eigenvalue weighted by atomic mass is 16.5. The molecule has 1 atom stereocenters. The summed E-state index contributed by atoms with van der Waals surface area (Å²) >= 11 is 0. The van der Waals surface area contributed by atoms with Crippen LogP contribution in [-0.4, -0.2) is 38.5 Å². The number of rotatable bonds is 5. The predicted molar refractivity (Wildman–Crippen MR) is 80.6 cm³/mol. The summed E-state index contributed by atoms with van der Waals surface area (Å²) in [6.07, 6.45) is 3.01. The van der Waals surface area contributed by atoms with E-state index in [1.807, 2.05) is 25.6 Å². The van der Waals surface area contributed by atoms with Crippen LogP contribution in [0.2, 0.25) is 0 Å². The molecule has 3 rings (SSSR count). The molecule has 1 aliphatic heterocycles. The van der Waals surface area contributed by atoms with Crippen LogP contribution in [0.3, 0.4) is 0 Å². The zero-order valence-electron chi connectivity index (χ0n) is 13.7. The first-order chi connectivity index (χ1) is 10.6. The number of likely N-dealkylation sites (tertiary alicyclic amines) is 1. The van der Waals surface area contributed by atoms with Gasteiger partial charge < -0.3 is 9.15 Å². The van der Waals surface area contributed by atoms with Crippen LogP contribution in [0.5, 0.6) is 5.88 Å². The van der Waals surface area contributed by atoms with Crippen molar-refractivity contribution < 1.29 is 9.15 Å². The highest BCUT2D eigenvalue weighted by molar-refractivity contribution is 5.35. The summed E-state index contributed by atoms with van der Waals surface area (Å²) in [6.45, 7) is 5.75. The molecular formula is C15H23N5O2. The van der Waals surface area contributed by atoms with Gasteiger partial charge in [-0.1, -0.05) is 6.92 Å². The van der Waals surface area contributed by atoms with Gasteiger partial charge in [-0.05, 0) is 26.3 Å². The van der Waals surface area contributed by atoms with Crippen LogP contribution in [0.1, 0.15) is 48.8 Å². The van der Waals surface area contributed by atoms with Crippen LogP contribution in [0, 0.1) is 6.92 Å². The van der Waals surface area contributed by atoms with Crippen LogP contribution in [0.25, 0.3) is 0 Å². The van der Waals surface area contributed by atoms with Crippen molar-refractivity contribution in [3.63, 3.8) is 0 Å². The Morgan fingerprint density at radius 2 is 2.09 bits per heavy atom. The Labute approximate surface area is 130 Å². The average molecular weight is 305 g/mol. The fourth-order valence-electron chi connectivity index (χ4n) is 3.29. The van der Waals surface area contributed by atoms with Gasteiger partial charge in [-0.25, -0.2) is 4.68 Å². The highest BCUT2D eigenvalue weighted by Gasteiger charge is 2.33. The van der Waals surface area contributed by atoms with Crippen LogP contribution in [0.4, 0.5) is 0 Å². The quantitative estimate of drug-likeness (QED) is 0.842. The molecule has 0 aliphatic carbocycles. The monoisotopic (exact) mass is 305 g/mol. The van der Waals surface area contributed by atoms with Crippen LogP contribution < -0.4 is 4.74 Å². The molecule has 2 aromatic heterocycles. The maximum Gasteiger partial charge on any atom is 0.230 e. The molecule has 7 heteroatoms. The molecule has 0 aromatic carbocycles. The van der Waals surface area contributed by atoms with E-state index in [9.17, 15) is 0 Å². The highest BCUT2D eigenvalue weighted by Crippen LogP contribution is 2.39. The second-order valence-corrected chi connectivity index (χ2v) is 5.70. The fourth-order valence-corrected chi connectivity index (χ4v) is 3.29. The minimum Gasteiger partial charge on any atom is -0.481 e. The molecule has 2 aromatic rings. The number of methoxy groups -OCH3 is 1. The van der Waals surface area contributed by atoms with E-state index in [2.05, 4.69) is 20.2 Å². The third-order valence-corrected chi connectivity index (χ3v) is 4.25. The Hall–Kier alpha value is -1.89. The number of hydrogen-bond donors (Lipinski definition) is 0. The third-order valence-electron chi connectivity index (χ3n) is 4.25. The molecule has 1 aliphatic rings. The molecule has 1 fully saturated rings. The van der Waals surface area contributed by atoms with Crippen molar-refractivity contribution in [1.29, 1.82) is 0 Å². The third kappa shape index (κ3) is 2.61. The number of nitrogens with zero attached hydrogens (tertiary/aromatic N) is 5. The summed E-state index contributed by atoms with van der Waals surface area (Å²) in [7, 11) is 3.62. The Bertz CT molecular complexity index is 648.